The molecular formula is C19H18BrN3O2. The van der Waals surface area contributed by atoms with Crippen molar-refractivity contribution in [3.8, 4) is 5.75 Å². The molecule has 0 aliphatic rings. The first-order valence-electron chi connectivity index (χ1n) is 7.83. The van der Waals surface area contributed by atoms with Crippen LogP contribution in [-0.2, 0) is 11.8 Å². The smallest absolute Gasteiger partial charge is 0.258 e. The minimum atomic E-state index is -0.331. The molecule has 0 bridgehead atoms. The zero-order valence-electron chi connectivity index (χ0n) is 13.7. The average molecular weight is 400 g/mol. The van der Waals surface area contributed by atoms with E-state index in [1.165, 1.54) is 0 Å². The molecule has 1 heterocycles. The number of aromatic nitrogens is 2. The molecule has 2 aromatic carbocycles. The van der Waals surface area contributed by atoms with Crippen molar-refractivity contribution in [1.82, 2.24) is 14.9 Å². The molecule has 0 saturated carbocycles. The van der Waals surface area contributed by atoms with Gasteiger partial charge in [-0.15, -0.1) is 0 Å². The molecule has 0 spiro atoms. The molecule has 3 aromatic rings. The Kier molecular flexibility index (Phi) is 5.50. The predicted molar refractivity (Wildman–Crippen MR) is 99.3 cm³/mol. The number of rotatable bonds is 6. The lowest BCUT2D eigenvalue weighted by Gasteiger charge is -2.19. The van der Waals surface area contributed by atoms with E-state index in [1.54, 1.807) is 6.20 Å². The van der Waals surface area contributed by atoms with Crippen molar-refractivity contribution in [2.45, 2.75) is 6.04 Å². The van der Waals surface area contributed by atoms with Gasteiger partial charge in [0.05, 0.1) is 0 Å². The van der Waals surface area contributed by atoms with Gasteiger partial charge in [-0.05, 0) is 29.8 Å². The molecule has 6 heteroatoms. The van der Waals surface area contributed by atoms with Crippen molar-refractivity contribution in [1.29, 1.82) is 0 Å². The van der Waals surface area contributed by atoms with E-state index in [0.29, 0.717) is 5.75 Å². The molecule has 0 fully saturated rings. The van der Waals surface area contributed by atoms with Crippen LogP contribution in [-0.4, -0.2) is 22.1 Å². The van der Waals surface area contributed by atoms with Crippen LogP contribution in [0.2, 0.25) is 0 Å². The lowest BCUT2D eigenvalue weighted by Crippen LogP contribution is -2.34. The normalized spacial score (nSPS) is 11.8. The largest absolute Gasteiger partial charge is 0.484 e. The Hall–Kier alpha value is -2.60. The number of aryl methyl sites for hydroxylation is 1. The Bertz CT molecular complexity index is 831. The number of imidazole rings is 1. The molecule has 1 N–H and O–H groups in total. The first kappa shape index (κ1) is 17.2. The van der Waals surface area contributed by atoms with Crippen molar-refractivity contribution in [3.63, 3.8) is 0 Å². The van der Waals surface area contributed by atoms with E-state index in [0.717, 1.165) is 15.9 Å². The van der Waals surface area contributed by atoms with Gasteiger partial charge in [0.1, 0.15) is 17.6 Å². The topological polar surface area (TPSA) is 56.2 Å². The molecule has 0 radical (unpaired) electrons. The van der Waals surface area contributed by atoms with Crippen molar-refractivity contribution >= 4 is 21.8 Å². The minimum absolute atomic E-state index is 0.0601. The number of halogens is 1. The van der Waals surface area contributed by atoms with Crippen LogP contribution >= 0.6 is 15.9 Å². The first-order valence-corrected chi connectivity index (χ1v) is 8.62. The first-order chi connectivity index (χ1) is 12.1. The van der Waals surface area contributed by atoms with Gasteiger partial charge in [-0.2, -0.15) is 0 Å². The summed E-state index contributed by atoms with van der Waals surface area (Å²) >= 11 is 3.37. The maximum atomic E-state index is 12.4. The summed E-state index contributed by atoms with van der Waals surface area (Å²) in [6.45, 7) is -0.0601. The fourth-order valence-corrected chi connectivity index (χ4v) is 2.74. The second-order valence-corrected chi connectivity index (χ2v) is 6.47. The number of carbonyl (C=O) groups is 1. The number of carbonyl (C=O) groups excluding carboxylic acids is 1. The maximum absolute atomic E-state index is 12.4. The van der Waals surface area contributed by atoms with Crippen LogP contribution in [0.1, 0.15) is 17.4 Å². The SMILES string of the molecule is Cn1ccnc1[C@H](NC(=O)COc1ccc(Br)cc1)c1ccccc1. The summed E-state index contributed by atoms with van der Waals surface area (Å²) in [5.41, 5.74) is 0.966. The third kappa shape index (κ3) is 4.48. The standard InChI is InChI=1S/C19H18BrN3O2/c1-23-12-11-21-19(23)18(14-5-3-2-4-6-14)22-17(24)13-25-16-9-7-15(20)8-10-16/h2-12,18H,13H2,1H3,(H,22,24)/t18-/m1/s1. The third-order valence-electron chi connectivity index (χ3n) is 3.74. The molecule has 0 unspecified atom stereocenters. The highest BCUT2D eigenvalue weighted by Crippen LogP contribution is 2.20. The van der Waals surface area contributed by atoms with E-state index in [1.807, 2.05) is 72.4 Å². The van der Waals surface area contributed by atoms with Crippen LogP contribution in [0.25, 0.3) is 0 Å². The zero-order valence-corrected chi connectivity index (χ0v) is 15.3. The highest BCUT2D eigenvalue weighted by atomic mass is 79.9. The van der Waals surface area contributed by atoms with Crippen LogP contribution < -0.4 is 10.1 Å². The van der Waals surface area contributed by atoms with E-state index in [4.69, 9.17) is 4.74 Å². The van der Waals surface area contributed by atoms with Crippen molar-refractivity contribution in [3.05, 3.63) is 82.9 Å². The van der Waals surface area contributed by atoms with E-state index >= 15 is 0 Å². The van der Waals surface area contributed by atoms with Crippen molar-refractivity contribution in [2.24, 2.45) is 7.05 Å². The summed E-state index contributed by atoms with van der Waals surface area (Å²) < 4.78 is 8.40. The number of hydrogen-bond donors (Lipinski definition) is 1. The summed E-state index contributed by atoms with van der Waals surface area (Å²) in [6.07, 6.45) is 3.57. The van der Waals surface area contributed by atoms with Gasteiger partial charge in [0.2, 0.25) is 0 Å². The van der Waals surface area contributed by atoms with Crippen LogP contribution in [0.3, 0.4) is 0 Å². The molecule has 1 amide bonds. The van der Waals surface area contributed by atoms with E-state index in [-0.39, 0.29) is 18.6 Å². The minimum Gasteiger partial charge on any atom is -0.484 e. The fraction of sp³-hybridized carbons (Fsp3) is 0.158. The molecule has 128 valence electrons. The molecule has 1 atom stereocenters. The van der Waals surface area contributed by atoms with Crippen LogP contribution in [0.15, 0.2) is 71.5 Å². The Labute approximate surface area is 154 Å². The number of amides is 1. The average Bonchev–Trinajstić information content (AvgIpc) is 3.06. The summed E-state index contributed by atoms with van der Waals surface area (Å²) in [5, 5.41) is 3.00. The Morgan fingerprint density at radius 1 is 1.20 bits per heavy atom. The van der Waals surface area contributed by atoms with Gasteiger partial charge >= 0.3 is 0 Å². The van der Waals surface area contributed by atoms with Gasteiger partial charge in [0.25, 0.3) is 5.91 Å². The van der Waals surface area contributed by atoms with Gasteiger partial charge in [-0.3, -0.25) is 4.79 Å². The Morgan fingerprint density at radius 2 is 1.92 bits per heavy atom. The van der Waals surface area contributed by atoms with Gasteiger partial charge in [0, 0.05) is 23.9 Å². The highest BCUT2D eigenvalue weighted by molar-refractivity contribution is 9.10. The van der Waals surface area contributed by atoms with Gasteiger partial charge in [-0.1, -0.05) is 46.3 Å². The van der Waals surface area contributed by atoms with Crippen LogP contribution in [0.5, 0.6) is 5.75 Å². The summed E-state index contributed by atoms with van der Waals surface area (Å²) in [4.78, 5) is 16.8. The molecule has 25 heavy (non-hydrogen) atoms. The number of nitrogens with zero attached hydrogens (tertiary/aromatic N) is 2. The molecule has 0 saturated heterocycles. The molecule has 1 aromatic heterocycles. The van der Waals surface area contributed by atoms with E-state index in [2.05, 4.69) is 26.2 Å². The second kappa shape index (κ2) is 7.98. The summed E-state index contributed by atoms with van der Waals surface area (Å²) in [7, 11) is 1.91. The van der Waals surface area contributed by atoms with E-state index in [9.17, 15) is 4.79 Å². The Balaban J connectivity index is 1.71. The molecule has 3 rings (SSSR count). The van der Waals surface area contributed by atoms with Crippen molar-refractivity contribution in [2.75, 3.05) is 6.61 Å². The summed E-state index contributed by atoms with van der Waals surface area (Å²) in [5.74, 6) is 1.20. The number of nitrogens with one attached hydrogen (secondary N) is 1. The Morgan fingerprint density at radius 3 is 2.56 bits per heavy atom. The molecule has 0 aliphatic heterocycles. The number of benzene rings is 2. The lowest BCUT2D eigenvalue weighted by molar-refractivity contribution is -0.123. The van der Waals surface area contributed by atoms with Crippen molar-refractivity contribution < 1.29 is 9.53 Å². The third-order valence-corrected chi connectivity index (χ3v) is 4.27. The zero-order chi connectivity index (χ0) is 17.6. The number of hydrogen-bond acceptors (Lipinski definition) is 3. The second-order valence-electron chi connectivity index (χ2n) is 5.55. The van der Waals surface area contributed by atoms with Gasteiger partial charge < -0.3 is 14.6 Å². The quantitative estimate of drug-likeness (QED) is 0.690. The summed E-state index contributed by atoms with van der Waals surface area (Å²) in [6, 6.07) is 16.8. The monoisotopic (exact) mass is 399 g/mol. The van der Waals surface area contributed by atoms with Gasteiger partial charge in [-0.25, -0.2) is 4.98 Å². The van der Waals surface area contributed by atoms with Crippen LogP contribution in [0.4, 0.5) is 0 Å². The fourth-order valence-electron chi connectivity index (χ4n) is 2.48. The predicted octanol–water partition coefficient (Wildman–Crippen LogP) is 3.47. The molecular weight excluding hydrogens is 382 g/mol. The maximum Gasteiger partial charge on any atom is 0.258 e. The highest BCUT2D eigenvalue weighted by Gasteiger charge is 2.20. The molecule has 0 aliphatic carbocycles. The van der Waals surface area contributed by atoms with Gasteiger partial charge in [0.15, 0.2) is 6.61 Å². The van der Waals surface area contributed by atoms with E-state index < -0.39 is 0 Å². The number of ether oxygens (including phenoxy) is 1. The lowest BCUT2D eigenvalue weighted by atomic mass is 10.1. The van der Waals surface area contributed by atoms with Crippen LogP contribution in [0, 0.1) is 0 Å². The molecule has 5 nitrogen and oxygen atoms in total.